The van der Waals surface area contributed by atoms with E-state index in [1.807, 2.05) is 13.0 Å². The number of nitrogens with one attached hydrogen (secondary N) is 1. The Morgan fingerprint density at radius 3 is 2.45 bits per heavy atom. The van der Waals surface area contributed by atoms with Gasteiger partial charge in [0.1, 0.15) is 0 Å². The summed E-state index contributed by atoms with van der Waals surface area (Å²) in [7, 11) is 0. The van der Waals surface area contributed by atoms with Gasteiger partial charge in [-0.05, 0) is 42.3 Å². The van der Waals surface area contributed by atoms with Gasteiger partial charge in [-0.3, -0.25) is 4.79 Å². The number of hydrogen-bond acceptors (Lipinski definition) is 4. The molecule has 0 amide bonds. The van der Waals surface area contributed by atoms with Crippen LogP contribution in [0.1, 0.15) is 12.5 Å². The highest BCUT2D eigenvalue weighted by Gasteiger charge is 2.14. The maximum absolute atomic E-state index is 12.4. The second-order valence-corrected chi connectivity index (χ2v) is 5.11. The van der Waals surface area contributed by atoms with E-state index in [2.05, 4.69) is 4.98 Å². The molecule has 112 valence electrons. The molecule has 4 N–H and O–H groups in total. The van der Waals surface area contributed by atoms with Crippen LogP contribution in [0.25, 0.3) is 22.2 Å². The summed E-state index contributed by atoms with van der Waals surface area (Å²) >= 11 is 0. The fourth-order valence-electron chi connectivity index (χ4n) is 2.43. The lowest BCUT2D eigenvalue weighted by Crippen LogP contribution is -2.05. The lowest BCUT2D eigenvalue weighted by Gasteiger charge is -2.09. The zero-order valence-electron chi connectivity index (χ0n) is 11.9. The van der Waals surface area contributed by atoms with E-state index in [0.29, 0.717) is 16.5 Å². The number of aromatic nitrogens is 1. The molecule has 0 unspecified atom stereocenters. The first-order chi connectivity index (χ1) is 10.5. The van der Waals surface area contributed by atoms with Gasteiger partial charge in [0.05, 0.1) is 5.69 Å². The molecule has 0 fully saturated rings. The summed E-state index contributed by atoms with van der Waals surface area (Å²) < 4.78 is 0. The van der Waals surface area contributed by atoms with Crippen molar-refractivity contribution in [2.75, 3.05) is 0 Å². The van der Waals surface area contributed by atoms with Gasteiger partial charge >= 0.3 is 0 Å². The predicted molar refractivity (Wildman–Crippen MR) is 84.4 cm³/mol. The molecule has 5 nitrogen and oxygen atoms in total. The number of rotatable bonds is 2. The average molecular weight is 297 g/mol. The van der Waals surface area contributed by atoms with Crippen molar-refractivity contribution in [2.24, 2.45) is 0 Å². The minimum absolute atomic E-state index is 0.206. The van der Waals surface area contributed by atoms with Gasteiger partial charge in [0, 0.05) is 16.5 Å². The fraction of sp³-hybridized carbons (Fsp3) is 0.118. The molecule has 1 heterocycles. The van der Waals surface area contributed by atoms with Crippen molar-refractivity contribution < 1.29 is 15.3 Å². The molecule has 2 aromatic carbocycles. The van der Waals surface area contributed by atoms with Crippen LogP contribution in [-0.4, -0.2) is 20.3 Å². The maximum atomic E-state index is 12.4. The molecule has 0 bridgehead atoms. The second-order valence-electron chi connectivity index (χ2n) is 5.11. The minimum Gasteiger partial charge on any atom is -0.504 e. The Labute approximate surface area is 126 Å². The van der Waals surface area contributed by atoms with E-state index in [9.17, 15) is 20.1 Å². The standard InChI is InChI=1S/C17H15NO4/c1-2-9-3-5-12-11(7-9)16(21)17(22)15(18-12)10-4-6-13(19)14(20)8-10/h3-8,19-20,22H,2H2,1H3,(H,18,21). The molecule has 1 aromatic heterocycles. The first-order valence-corrected chi connectivity index (χ1v) is 6.91. The van der Waals surface area contributed by atoms with Crippen molar-refractivity contribution in [1.82, 2.24) is 4.98 Å². The Kier molecular flexibility index (Phi) is 3.25. The third kappa shape index (κ3) is 2.16. The van der Waals surface area contributed by atoms with Gasteiger partial charge in [0.2, 0.25) is 5.43 Å². The van der Waals surface area contributed by atoms with E-state index in [-0.39, 0.29) is 17.2 Å². The van der Waals surface area contributed by atoms with Crippen molar-refractivity contribution in [3.63, 3.8) is 0 Å². The molecule has 0 spiro atoms. The SMILES string of the molecule is CCc1ccc2[nH]c(-c3ccc(O)c(O)c3)c(O)c(=O)c2c1. The lowest BCUT2D eigenvalue weighted by atomic mass is 10.0. The number of aryl methyl sites for hydroxylation is 1. The summed E-state index contributed by atoms with van der Waals surface area (Å²) in [6, 6.07) is 9.55. The van der Waals surface area contributed by atoms with Gasteiger partial charge in [-0.25, -0.2) is 0 Å². The van der Waals surface area contributed by atoms with Crippen LogP contribution in [0, 0.1) is 0 Å². The number of phenols is 2. The number of fused-ring (bicyclic) bond motifs is 1. The molecule has 0 radical (unpaired) electrons. The molecule has 3 aromatic rings. The van der Waals surface area contributed by atoms with E-state index in [0.717, 1.165) is 12.0 Å². The topological polar surface area (TPSA) is 93.6 Å². The van der Waals surface area contributed by atoms with Crippen LogP contribution in [0.2, 0.25) is 0 Å². The maximum Gasteiger partial charge on any atom is 0.231 e. The molecule has 5 heteroatoms. The molecule has 0 aliphatic heterocycles. The quantitative estimate of drug-likeness (QED) is 0.547. The summed E-state index contributed by atoms with van der Waals surface area (Å²) in [5, 5.41) is 29.5. The van der Waals surface area contributed by atoms with Gasteiger partial charge in [-0.15, -0.1) is 0 Å². The average Bonchev–Trinajstić information content (AvgIpc) is 2.53. The highest BCUT2D eigenvalue weighted by Crippen LogP contribution is 2.33. The van der Waals surface area contributed by atoms with Crippen molar-refractivity contribution >= 4 is 10.9 Å². The first-order valence-electron chi connectivity index (χ1n) is 6.91. The van der Waals surface area contributed by atoms with Gasteiger partial charge in [-0.2, -0.15) is 0 Å². The van der Waals surface area contributed by atoms with Crippen LogP contribution in [0.15, 0.2) is 41.2 Å². The van der Waals surface area contributed by atoms with Crippen molar-refractivity contribution in [1.29, 1.82) is 0 Å². The van der Waals surface area contributed by atoms with Gasteiger partial charge in [-0.1, -0.05) is 13.0 Å². The molecule has 22 heavy (non-hydrogen) atoms. The summed E-state index contributed by atoms with van der Waals surface area (Å²) in [5.74, 6) is -0.996. The zero-order chi connectivity index (χ0) is 15.9. The Bertz CT molecular complexity index is 928. The smallest absolute Gasteiger partial charge is 0.231 e. The minimum atomic E-state index is -0.466. The van der Waals surface area contributed by atoms with E-state index in [1.165, 1.54) is 18.2 Å². The van der Waals surface area contributed by atoms with Crippen LogP contribution >= 0.6 is 0 Å². The predicted octanol–water partition coefficient (Wildman–Crippen LogP) is 2.87. The Morgan fingerprint density at radius 1 is 1.00 bits per heavy atom. The Morgan fingerprint density at radius 2 is 1.77 bits per heavy atom. The van der Waals surface area contributed by atoms with Crippen LogP contribution in [-0.2, 0) is 6.42 Å². The normalized spacial score (nSPS) is 11.0. The second kappa shape index (κ2) is 5.11. The number of pyridine rings is 1. The number of benzene rings is 2. The summed E-state index contributed by atoms with van der Waals surface area (Å²) in [6.45, 7) is 1.99. The zero-order valence-corrected chi connectivity index (χ0v) is 11.9. The molecule has 0 aliphatic carbocycles. The highest BCUT2D eigenvalue weighted by molar-refractivity contribution is 5.85. The molecule has 0 atom stereocenters. The molecular formula is C17H15NO4. The largest absolute Gasteiger partial charge is 0.504 e. The number of hydrogen-bond donors (Lipinski definition) is 4. The van der Waals surface area contributed by atoms with E-state index in [1.54, 1.807) is 12.1 Å². The summed E-state index contributed by atoms with van der Waals surface area (Å²) in [6.07, 6.45) is 0.795. The third-order valence-electron chi connectivity index (χ3n) is 3.71. The van der Waals surface area contributed by atoms with Crippen LogP contribution in [0.4, 0.5) is 0 Å². The number of aromatic amines is 1. The molecule has 3 rings (SSSR count). The third-order valence-corrected chi connectivity index (χ3v) is 3.71. The first kappa shape index (κ1) is 14.0. The summed E-state index contributed by atoms with van der Waals surface area (Å²) in [5.41, 5.74) is 1.75. The molecule has 0 aliphatic rings. The lowest BCUT2D eigenvalue weighted by molar-refractivity contribution is 0.404. The monoisotopic (exact) mass is 297 g/mol. The Balaban J connectivity index is 2.29. The van der Waals surface area contributed by atoms with E-state index < -0.39 is 11.2 Å². The van der Waals surface area contributed by atoms with Crippen molar-refractivity contribution in [2.45, 2.75) is 13.3 Å². The fourth-order valence-corrected chi connectivity index (χ4v) is 2.43. The van der Waals surface area contributed by atoms with Crippen molar-refractivity contribution in [3.05, 3.63) is 52.2 Å². The molecular weight excluding hydrogens is 282 g/mol. The van der Waals surface area contributed by atoms with Crippen molar-refractivity contribution in [3.8, 4) is 28.5 Å². The number of aromatic hydroxyl groups is 3. The van der Waals surface area contributed by atoms with Gasteiger partial charge in [0.25, 0.3) is 0 Å². The van der Waals surface area contributed by atoms with E-state index >= 15 is 0 Å². The highest BCUT2D eigenvalue weighted by atomic mass is 16.3. The van der Waals surface area contributed by atoms with Crippen LogP contribution in [0.3, 0.4) is 0 Å². The van der Waals surface area contributed by atoms with Gasteiger partial charge < -0.3 is 20.3 Å². The van der Waals surface area contributed by atoms with E-state index in [4.69, 9.17) is 0 Å². The molecule has 0 saturated carbocycles. The van der Waals surface area contributed by atoms with Crippen LogP contribution in [0.5, 0.6) is 17.2 Å². The van der Waals surface area contributed by atoms with Crippen LogP contribution < -0.4 is 5.43 Å². The van der Waals surface area contributed by atoms with Gasteiger partial charge in [0.15, 0.2) is 17.2 Å². The Hall–Kier alpha value is -2.95. The number of H-pyrrole nitrogens is 1. The molecule has 0 saturated heterocycles. The number of phenolic OH excluding ortho intramolecular Hbond substituents is 2. The summed E-state index contributed by atoms with van der Waals surface area (Å²) in [4.78, 5) is 15.4.